The van der Waals surface area contributed by atoms with Crippen molar-refractivity contribution in [3.8, 4) is 0 Å². The quantitative estimate of drug-likeness (QED) is 0.725. The highest BCUT2D eigenvalue weighted by molar-refractivity contribution is 5.78. The van der Waals surface area contributed by atoms with Gasteiger partial charge in [0.25, 0.3) is 0 Å². The molecule has 0 radical (unpaired) electrons. The molecule has 1 aliphatic heterocycles. The third-order valence-corrected chi connectivity index (χ3v) is 6.76. The average Bonchev–Trinajstić information content (AvgIpc) is 3.17. The summed E-state index contributed by atoms with van der Waals surface area (Å²) in [6, 6.07) is 0.602. The Kier molecular flexibility index (Phi) is 6.00. The zero-order chi connectivity index (χ0) is 18.0. The molecule has 0 aromatic heterocycles. The van der Waals surface area contributed by atoms with E-state index in [2.05, 4.69) is 17.1 Å². The molecular weight excluding hydrogens is 318 g/mol. The van der Waals surface area contributed by atoms with Crippen molar-refractivity contribution in [3.05, 3.63) is 0 Å². The number of piperidine rings is 1. The highest BCUT2D eigenvalue weighted by Crippen LogP contribution is 2.49. The minimum atomic E-state index is -0.779. The highest BCUT2D eigenvalue weighted by Gasteiger charge is 2.42. The first kappa shape index (κ1) is 18.6. The number of rotatable bonds is 7. The van der Waals surface area contributed by atoms with Crippen LogP contribution in [0, 0.1) is 17.8 Å². The van der Waals surface area contributed by atoms with Crippen molar-refractivity contribution in [1.82, 2.24) is 15.1 Å². The lowest BCUT2D eigenvalue weighted by Crippen LogP contribution is -2.49. The second-order valence-electron chi connectivity index (χ2n) is 8.51. The first-order valence-electron chi connectivity index (χ1n) is 9.86. The van der Waals surface area contributed by atoms with E-state index in [0.29, 0.717) is 24.5 Å². The van der Waals surface area contributed by atoms with Crippen LogP contribution in [0.1, 0.15) is 45.4 Å². The molecule has 1 heterocycles. The molecule has 0 spiro atoms. The summed E-state index contributed by atoms with van der Waals surface area (Å²) in [7, 11) is 1.87. The van der Waals surface area contributed by atoms with Crippen molar-refractivity contribution in [2.24, 2.45) is 17.8 Å². The van der Waals surface area contributed by atoms with E-state index in [9.17, 15) is 9.59 Å². The van der Waals surface area contributed by atoms with Crippen LogP contribution in [0.15, 0.2) is 0 Å². The monoisotopic (exact) mass is 351 g/mol. The number of likely N-dealkylation sites (tertiary alicyclic amines) is 1. The van der Waals surface area contributed by atoms with Gasteiger partial charge in [-0.15, -0.1) is 0 Å². The Balaban J connectivity index is 1.37. The minimum Gasteiger partial charge on any atom is -0.480 e. The van der Waals surface area contributed by atoms with Gasteiger partial charge < -0.3 is 10.4 Å². The van der Waals surface area contributed by atoms with Gasteiger partial charge in [-0.25, -0.2) is 0 Å². The first-order chi connectivity index (χ1) is 11.9. The Morgan fingerprint density at radius 3 is 2.48 bits per heavy atom. The van der Waals surface area contributed by atoms with E-state index < -0.39 is 5.97 Å². The number of hydrogen-bond donors (Lipinski definition) is 2. The molecule has 6 heteroatoms. The van der Waals surface area contributed by atoms with E-state index in [1.54, 1.807) is 0 Å². The van der Waals surface area contributed by atoms with Crippen molar-refractivity contribution in [2.45, 2.75) is 57.5 Å². The van der Waals surface area contributed by atoms with Crippen LogP contribution < -0.4 is 5.32 Å². The van der Waals surface area contributed by atoms with Crippen LogP contribution in [-0.4, -0.2) is 72.1 Å². The standard InChI is InChI=1S/C19H33N3O3/c1-13(17-10-14-3-4-15(17)9-14)20-18(23)11-22-7-5-16(6-8-22)21(2)12-19(24)25/h13-17H,3-12H2,1-2H3,(H,20,23)(H,24,25). The first-order valence-corrected chi connectivity index (χ1v) is 9.86. The number of aliphatic carboxylic acids is 1. The summed E-state index contributed by atoms with van der Waals surface area (Å²) in [4.78, 5) is 27.3. The number of carbonyl (C=O) groups excluding carboxylic acids is 1. The van der Waals surface area contributed by atoms with Crippen LogP contribution in [-0.2, 0) is 9.59 Å². The topological polar surface area (TPSA) is 72.9 Å². The van der Waals surface area contributed by atoms with Gasteiger partial charge in [0.05, 0.1) is 13.1 Å². The Bertz CT molecular complexity index is 490. The molecule has 6 nitrogen and oxygen atoms in total. The molecule has 142 valence electrons. The zero-order valence-corrected chi connectivity index (χ0v) is 15.6. The number of amides is 1. The van der Waals surface area contributed by atoms with Crippen LogP contribution in [0.2, 0.25) is 0 Å². The van der Waals surface area contributed by atoms with Gasteiger partial charge in [-0.05, 0) is 63.8 Å². The molecule has 3 fully saturated rings. The Labute approximate surface area is 150 Å². The summed E-state index contributed by atoms with van der Waals surface area (Å²) in [5.74, 6) is 1.79. The lowest BCUT2D eigenvalue weighted by atomic mass is 9.84. The van der Waals surface area contributed by atoms with Crippen molar-refractivity contribution in [2.75, 3.05) is 33.2 Å². The maximum Gasteiger partial charge on any atom is 0.317 e. The van der Waals surface area contributed by atoms with Crippen LogP contribution in [0.25, 0.3) is 0 Å². The van der Waals surface area contributed by atoms with Crippen molar-refractivity contribution in [3.63, 3.8) is 0 Å². The Hall–Kier alpha value is -1.14. The SMILES string of the molecule is CC(NC(=O)CN1CCC(N(C)CC(=O)O)CC1)C1CC2CCC1C2. The van der Waals surface area contributed by atoms with Crippen LogP contribution in [0.4, 0.5) is 0 Å². The molecule has 1 saturated heterocycles. The van der Waals surface area contributed by atoms with Gasteiger partial charge in [-0.1, -0.05) is 6.42 Å². The largest absolute Gasteiger partial charge is 0.480 e. The molecular formula is C19H33N3O3. The van der Waals surface area contributed by atoms with Gasteiger partial charge in [0, 0.05) is 25.2 Å². The third-order valence-electron chi connectivity index (χ3n) is 6.76. The lowest BCUT2D eigenvalue weighted by molar-refractivity contribution is -0.138. The second kappa shape index (κ2) is 8.04. The summed E-state index contributed by atoms with van der Waals surface area (Å²) in [6.07, 6.45) is 7.29. The number of carbonyl (C=O) groups is 2. The fraction of sp³-hybridized carbons (Fsp3) is 0.895. The number of carboxylic acid groups (broad SMARTS) is 1. The van der Waals surface area contributed by atoms with Gasteiger partial charge >= 0.3 is 5.97 Å². The van der Waals surface area contributed by atoms with Gasteiger partial charge in [-0.2, -0.15) is 0 Å². The Morgan fingerprint density at radius 2 is 1.92 bits per heavy atom. The molecule has 2 bridgehead atoms. The van der Waals surface area contributed by atoms with E-state index in [4.69, 9.17) is 5.11 Å². The molecule has 0 aromatic rings. The second-order valence-corrected chi connectivity index (χ2v) is 8.51. The molecule has 4 atom stereocenters. The highest BCUT2D eigenvalue weighted by atomic mass is 16.4. The number of nitrogens with one attached hydrogen (secondary N) is 1. The number of likely N-dealkylation sites (N-methyl/N-ethyl adjacent to an activating group) is 1. The molecule has 2 saturated carbocycles. The molecule has 1 amide bonds. The van der Waals surface area contributed by atoms with Gasteiger partial charge in [-0.3, -0.25) is 19.4 Å². The average molecular weight is 351 g/mol. The number of hydrogen-bond acceptors (Lipinski definition) is 4. The summed E-state index contributed by atoms with van der Waals surface area (Å²) in [6.45, 7) is 4.47. The van der Waals surface area contributed by atoms with Crippen molar-refractivity contribution in [1.29, 1.82) is 0 Å². The van der Waals surface area contributed by atoms with Gasteiger partial charge in [0.2, 0.25) is 5.91 Å². The zero-order valence-electron chi connectivity index (χ0n) is 15.6. The molecule has 0 aromatic carbocycles. The van der Waals surface area contributed by atoms with E-state index in [-0.39, 0.29) is 12.5 Å². The fourth-order valence-electron chi connectivity index (χ4n) is 5.38. The van der Waals surface area contributed by atoms with Crippen molar-refractivity contribution < 1.29 is 14.7 Å². The van der Waals surface area contributed by atoms with Gasteiger partial charge in [0.15, 0.2) is 0 Å². The summed E-state index contributed by atoms with van der Waals surface area (Å²) in [5.41, 5.74) is 0. The molecule has 3 aliphatic rings. The predicted octanol–water partition coefficient (Wildman–Crippen LogP) is 1.41. The summed E-state index contributed by atoms with van der Waals surface area (Å²) < 4.78 is 0. The molecule has 4 unspecified atom stereocenters. The van der Waals surface area contributed by atoms with Crippen molar-refractivity contribution >= 4 is 11.9 Å². The molecule has 25 heavy (non-hydrogen) atoms. The van der Waals surface area contributed by atoms with E-state index in [1.807, 2.05) is 11.9 Å². The fourth-order valence-corrected chi connectivity index (χ4v) is 5.38. The van der Waals surface area contributed by atoms with Crippen LogP contribution >= 0.6 is 0 Å². The summed E-state index contributed by atoms with van der Waals surface area (Å²) in [5, 5.41) is 12.1. The molecule has 3 rings (SSSR count). The number of nitrogens with zero attached hydrogens (tertiary/aromatic N) is 2. The molecule has 2 N–H and O–H groups in total. The normalized spacial score (nSPS) is 31.4. The van der Waals surface area contributed by atoms with Crippen LogP contribution in [0.5, 0.6) is 0 Å². The predicted molar refractivity (Wildman–Crippen MR) is 96.3 cm³/mol. The van der Waals surface area contributed by atoms with Crippen LogP contribution in [0.3, 0.4) is 0 Å². The maximum absolute atomic E-state index is 12.4. The molecule has 2 aliphatic carbocycles. The smallest absolute Gasteiger partial charge is 0.317 e. The number of carboxylic acids is 1. The minimum absolute atomic E-state index is 0.0895. The summed E-state index contributed by atoms with van der Waals surface area (Å²) >= 11 is 0. The van der Waals surface area contributed by atoms with E-state index >= 15 is 0 Å². The lowest BCUT2D eigenvalue weighted by Gasteiger charge is -2.36. The Morgan fingerprint density at radius 1 is 1.20 bits per heavy atom. The number of fused-ring (bicyclic) bond motifs is 2. The van der Waals surface area contributed by atoms with E-state index in [1.165, 1.54) is 25.7 Å². The third kappa shape index (κ3) is 4.73. The maximum atomic E-state index is 12.4. The van der Waals surface area contributed by atoms with E-state index in [0.717, 1.165) is 37.8 Å². The van der Waals surface area contributed by atoms with Gasteiger partial charge in [0.1, 0.15) is 0 Å².